The number of alkyl carbamates (subject to hydrolysis) is 1. The first-order chi connectivity index (χ1) is 18.1. The molecule has 0 spiro atoms. The van der Waals surface area contributed by atoms with E-state index in [1.165, 1.54) is 10.5 Å². The molecule has 0 atom stereocenters. The van der Waals surface area contributed by atoms with Crippen LogP contribution in [0.5, 0.6) is 0 Å². The number of carbonyl (C=O) groups excluding carboxylic acids is 2. The number of carbonyl (C=O) groups is 2. The summed E-state index contributed by atoms with van der Waals surface area (Å²) >= 11 is 0. The van der Waals surface area contributed by atoms with Crippen LogP contribution in [0, 0.1) is 0 Å². The number of anilines is 2. The Balaban J connectivity index is 0.00000420. The van der Waals surface area contributed by atoms with Crippen molar-refractivity contribution in [1.82, 2.24) is 24.8 Å². The number of aromatic amines is 1. The van der Waals surface area contributed by atoms with Gasteiger partial charge in [0.15, 0.2) is 28.3 Å². The fourth-order valence-electron chi connectivity index (χ4n) is 4.67. The van der Waals surface area contributed by atoms with Crippen molar-refractivity contribution in [2.75, 3.05) is 17.2 Å². The number of nitrogen functional groups attached to an aromatic ring is 1. The third kappa shape index (κ3) is 6.78. The number of nitrogens with one attached hydrogen (secondary N) is 2. The van der Waals surface area contributed by atoms with Crippen molar-refractivity contribution in [3.8, 4) is 0 Å². The van der Waals surface area contributed by atoms with Gasteiger partial charge < -0.3 is 44.7 Å². The molecule has 0 bridgehead atoms. The summed E-state index contributed by atoms with van der Waals surface area (Å²) in [5.74, 6) is 1.49. The number of hydrogen-bond acceptors (Lipinski definition) is 6. The van der Waals surface area contributed by atoms with Gasteiger partial charge in [-0.2, -0.15) is 0 Å². The Morgan fingerprint density at radius 2 is 2.03 bits per heavy atom. The number of imidazole rings is 1. The van der Waals surface area contributed by atoms with Gasteiger partial charge >= 0.3 is 6.09 Å². The van der Waals surface area contributed by atoms with Crippen LogP contribution in [0.2, 0.25) is 0 Å². The van der Waals surface area contributed by atoms with Gasteiger partial charge in [-0.15, -0.1) is 0 Å². The Labute approximate surface area is 245 Å². The van der Waals surface area contributed by atoms with Crippen molar-refractivity contribution in [3.63, 3.8) is 0 Å². The van der Waals surface area contributed by atoms with Crippen LogP contribution in [0.15, 0.2) is 30.5 Å². The first-order valence-electron chi connectivity index (χ1n) is 13.0. The van der Waals surface area contributed by atoms with Crippen LogP contribution in [0.4, 0.5) is 16.4 Å². The fourth-order valence-corrected chi connectivity index (χ4v) is 4.67. The lowest BCUT2D eigenvalue weighted by Crippen LogP contribution is -3.00. The first-order valence-corrected chi connectivity index (χ1v) is 13.0. The molecule has 0 saturated heterocycles. The first kappa shape index (κ1) is 30.1. The van der Waals surface area contributed by atoms with Gasteiger partial charge in [-0.05, 0) is 71.2 Å². The molecule has 0 aliphatic heterocycles. The van der Waals surface area contributed by atoms with Gasteiger partial charge in [0, 0.05) is 12.7 Å². The Morgan fingerprint density at radius 3 is 2.69 bits per heavy atom. The van der Waals surface area contributed by atoms with Crippen molar-refractivity contribution < 1.29 is 42.9 Å². The van der Waals surface area contributed by atoms with Gasteiger partial charge in [-0.1, -0.05) is 6.07 Å². The lowest BCUT2D eigenvalue weighted by atomic mass is 10.1. The number of nitrogens with zero attached hydrogens (tertiary/aromatic N) is 5. The molecule has 0 radical (unpaired) electrons. The predicted octanol–water partition coefficient (Wildman–Crippen LogP) is 0.446. The van der Waals surface area contributed by atoms with Crippen molar-refractivity contribution in [1.29, 1.82) is 0 Å². The smallest absolute Gasteiger partial charge is 0.407 e. The highest BCUT2D eigenvalue weighted by molar-refractivity contribution is 5.84. The standard InChI is InChI=1S/C27H36N8O3.HI/c1-6-34-20-11-10-18(9-8-13-30-26(37)38-27(3,4)5)15-21(20)35(7-2)22(34)16-33(17-36)25-23(28)32-24-19(31-25)12-14-29-24;/h10-12,14-15,17H,6-9,13,16H2,1-5H3,(H3-,28,29,30,31,32,37);1H. The van der Waals surface area contributed by atoms with E-state index >= 15 is 0 Å². The Morgan fingerprint density at radius 1 is 1.26 bits per heavy atom. The molecule has 4 aromatic rings. The number of halogens is 1. The number of aryl methyl sites for hydroxylation is 3. The molecule has 0 unspecified atom stereocenters. The molecule has 4 N–H and O–H groups in total. The van der Waals surface area contributed by atoms with E-state index in [1.807, 2.05) is 20.8 Å². The summed E-state index contributed by atoms with van der Waals surface area (Å²) in [6, 6.07) is 8.23. The number of rotatable bonds is 10. The molecule has 0 saturated carbocycles. The molecule has 1 aromatic carbocycles. The second-order valence-electron chi connectivity index (χ2n) is 10.1. The Hall–Kier alpha value is -3.42. The van der Waals surface area contributed by atoms with Gasteiger partial charge in [-0.3, -0.25) is 9.69 Å². The SMILES string of the molecule is CCn1c(CN(C=O)c2nc3cc[nH]c3nc2N)[n+](CC)c2ccc(CCCNC(=O)OC(C)(C)C)cc21.[I-]. The Kier molecular flexibility index (Phi) is 9.75. The van der Waals surface area contributed by atoms with Crippen LogP contribution in [-0.2, 0) is 35.6 Å². The van der Waals surface area contributed by atoms with Crippen molar-refractivity contribution in [2.24, 2.45) is 0 Å². The van der Waals surface area contributed by atoms with E-state index in [0.717, 1.165) is 49.2 Å². The lowest BCUT2D eigenvalue weighted by molar-refractivity contribution is -0.676. The summed E-state index contributed by atoms with van der Waals surface area (Å²) in [6.07, 6.45) is 3.69. The zero-order valence-electron chi connectivity index (χ0n) is 23.1. The minimum Gasteiger partial charge on any atom is -1.00 e. The second kappa shape index (κ2) is 12.6. The predicted molar refractivity (Wildman–Crippen MR) is 147 cm³/mol. The summed E-state index contributed by atoms with van der Waals surface area (Å²) in [6.45, 7) is 12.0. The largest absolute Gasteiger partial charge is 1.00 e. The van der Waals surface area contributed by atoms with E-state index < -0.39 is 11.7 Å². The van der Waals surface area contributed by atoms with E-state index in [-0.39, 0.29) is 29.8 Å². The number of amides is 2. The van der Waals surface area contributed by atoms with Gasteiger partial charge in [-0.25, -0.2) is 23.9 Å². The molecule has 210 valence electrons. The number of aromatic nitrogens is 5. The molecule has 12 heteroatoms. The van der Waals surface area contributed by atoms with Gasteiger partial charge in [0.25, 0.3) is 5.82 Å². The summed E-state index contributed by atoms with van der Waals surface area (Å²) in [7, 11) is 0. The van der Waals surface area contributed by atoms with Crippen LogP contribution in [0.1, 0.15) is 52.4 Å². The summed E-state index contributed by atoms with van der Waals surface area (Å²) in [4.78, 5) is 37.5. The highest BCUT2D eigenvalue weighted by Gasteiger charge is 2.27. The summed E-state index contributed by atoms with van der Waals surface area (Å²) < 4.78 is 9.73. The molecule has 3 aromatic heterocycles. The monoisotopic (exact) mass is 648 g/mol. The zero-order valence-corrected chi connectivity index (χ0v) is 25.3. The quantitative estimate of drug-likeness (QED) is 0.0990. The second-order valence-corrected chi connectivity index (χ2v) is 10.1. The van der Waals surface area contributed by atoms with Crippen molar-refractivity contribution in [3.05, 3.63) is 41.9 Å². The lowest BCUT2D eigenvalue weighted by Gasteiger charge is -2.19. The van der Waals surface area contributed by atoms with Crippen LogP contribution < -0.4 is 44.5 Å². The highest BCUT2D eigenvalue weighted by Crippen LogP contribution is 2.24. The van der Waals surface area contributed by atoms with Crippen LogP contribution >= 0.6 is 0 Å². The average molecular weight is 649 g/mol. The van der Waals surface area contributed by atoms with Crippen LogP contribution in [0.25, 0.3) is 22.2 Å². The molecular formula is C27H37IN8O3. The van der Waals surface area contributed by atoms with Crippen molar-refractivity contribution in [2.45, 2.75) is 72.7 Å². The molecule has 0 aliphatic rings. The van der Waals surface area contributed by atoms with E-state index in [4.69, 9.17) is 10.5 Å². The van der Waals surface area contributed by atoms with E-state index in [0.29, 0.717) is 30.1 Å². The maximum atomic E-state index is 12.2. The van der Waals surface area contributed by atoms with Crippen LogP contribution in [0.3, 0.4) is 0 Å². The number of ether oxygens (including phenoxy) is 1. The topological polar surface area (TPSA) is 135 Å². The molecule has 3 heterocycles. The van der Waals surface area contributed by atoms with Gasteiger partial charge in [0.1, 0.15) is 17.7 Å². The van der Waals surface area contributed by atoms with E-state index in [1.54, 1.807) is 12.3 Å². The minimum absolute atomic E-state index is 0. The summed E-state index contributed by atoms with van der Waals surface area (Å²) in [5, 5.41) is 2.82. The number of nitrogens with two attached hydrogens (primary N) is 1. The third-order valence-corrected chi connectivity index (χ3v) is 6.29. The molecule has 4 rings (SSSR count). The number of benzene rings is 1. The maximum Gasteiger partial charge on any atom is 0.407 e. The maximum absolute atomic E-state index is 12.2. The normalized spacial score (nSPS) is 11.4. The minimum atomic E-state index is -0.514. The molecule has 39 heavy (non-hydrogen) atoms. The van der Waals surface area contributed by atoms with E-state index in [9.17, 15) is 9.59 Å². The molecule has 0 aliphatic carbocycles. The average Bonchev–Trinajstić information content (AvgIpc) is 3.44. The van der Waals surface area contributed by atoms with Crippen LogP contribution in [-0.4, -0.2) is 44.2 Å². The van der Waals surface area contributed by atoms with E-state index in [2.05, 4.69) is 61.4 Å². The van der Waals surface area contributed by atoms with Gasteiger partial charge in [0.05, 0.1) is 13.1 Å². The molecular weight excluding hydrogens is 611 g/mol. The number of H-pyrrole nitrogens is 1. The van der Waals surface area contributed by atoms with Crippen molar-refractivity contribution >= 4 is 46.3 Å². The molecule has 0 fully saturated rings. The summed E-state index contributed by atoms with van der Waals surface area (Å²) in [5.41, 5.74) is 10.2. The fraction of sp³-hybridized carbons (Fsp3) is 0.444. The number of hydrogen-bond donors (Lipinski definition) is 3. The van der Waals surface area contributed by atoms with Gasteiger partial charge in [0.2, 0.25) is 6.41 Å². The zero-order chi connectivity index (χ0) is 27.4. The third-order valence-electron chi connectivity index (χ3n) is 6.29. The Bertz CT molecular complexity index is 1460. The highest BCUT2D eigenvalue weighted by atomic mass is 127. The number of fused-ring (bicyclic) bond motifs is 2. The molecule has 2 amide bonds. The molecule has 11 nitrogen and oxygen atoms in total.